The van der Waals surface area contributed by atoms with Gasteiger partial charge in [0, 0.05) is 14.1 Å². The third-order valence-electron chi connectivity index (χ3n) is 3.69. The van der Waals surface area contributed by atoms with Crippen molar-refractivity contribution in [1.29, 1.82) is 0 Å². The van der Waals surface area contributed by atoms with Gasteiger partial charge in [-0.2, -0.15) is 0 Å². The highest BCUT2D eigenvalue weighted by molar-refractivity contribution is 7.80. The van der Waals surface area contributed by atoms with Gasteiger partial charge in [0.25, 0.3) is 0 Å². The van der Waals surface area contributed by atoms with Crippen molar-refractivity contribution in [1.82, 2.24) is 15.3 Å². The molecular weight excluding hydrogens is 194 g/mol. The average molecular weight is 213 g/mol. The van der Waals surface area contributed by atoms with Gasteiger partial charge in [0.15, 0.2) is 5.11 Å². The van der Waals surface area contributed by atoms with E-state index in [1.165, 1.54) is 25.7 Å². The summed E-state index contributed by atoms with van der Waals surface area (Å²) in [5, 5.41) is 2.89. The first-order valence-corrected chi connectivity index (χ1v) is 5.75. The minimum Gasteiger partial charge on any atom is -0.331 e. The topological polar surface area (TPSA) is 18.5 Å². The molecule has 1 N–H and O–H groups in total. The molecule has 80 valence electrons. The Balaban J connectivity index is 2.14. The zero-order valence-electron chi connectivity index (χ0n) is 9.21. The fourth-order valence-corrected chi connectivity index (χ4v) is 2.75. The standard InChI is InChI=1S/C10H19N3S/c1-8-4-6-10(7-5-8)11-13(3)9(14)12(10)2/h8,11H,4-7H2,1-3H3. The van der Waals surface area contributed by atoms with E-state index >= 15 is 0 Å². The molecule has 1 heterocycles. The Morgan fingerprint density at radius 3 is 2.36 bits per heavy atom. The van der Waals surface area contributed by atoms with Crippen LogP contribution in [-0.4, -0.2) is 34.8 Å². The summed E-state index contributed by atoms with van der Waals surface area (Å²) in [4.78, 5) is 2.23. The summed E-state index contributed by atoms with van der Waals surface area (Å²) in [5.41, 5.74) is 3.63. The molecule has 0 bridgehead atoms. The van der Waals surface area contributed by atoms with Gasteiger partial charge >= 0.3 is 0 Å². The summed E-state index contributed by atoms with van der Waals surface area (Å²) in [7, 11) is 4.11. The molecule has 4 heteroatoms. The number of nitrogens with one attached hydrogen (secondary N) is 1. The third kappa shape index (κ3) is 1.41. The van der Waals surface area contributed by atoms with Crippen LogP contribution in [0.15, 0.2) is 0 Å². The van der Waals surface area contributed by atoms with Gasteiger partial charge in [-0.05, 0) is 43.8 Å². The lowest BCUT2D eigenvalue weighted by molar-refractivity contribution is 0.0851. The quantitative estimate of drug-likeness (QED) is 0.615. The number of thiocarbonyl (C=S) groups is 1. The van der Waals surface area contributed by atoms with Crippen molar-refractivity contribution in [2.45, 2.75) is 38.3 Å². The van der Waals surface area contributed by atoms with Crippen molar-refractivity contribution in [2.24, 2.45) is 5.92 Å². The predicted molar refractivity (Wildman–Crippen MR) is 61.6 cm³/mol. The molecule has 0 radical (unpaired) electrons. The predicted octanol–water partition coefficient (Wildman–Crippen LogP) is 1.56. The maximum Gasteiger partial charge on any atom is 0.187 e. The largest absolute Gasteiger partial charge is 0.331 e. The second-order valence-corrected chi connectivity index (χ2v) is 5.09. The average Bonchev–Trinajstić information content (AvgIpc) is 2.37. The molecule has 1 spiro atoms. The van der Waals surface area contributed by atoms with Crippen molar-refractivity contribution in [3.05, 3.63) is 0 Å². The number of hydrazine groups is 1. The zero-order valence-corrected chi connectivity index (χ0v) is 10.0. The zero-order chi connectivity index (χ0) is 10.3. The summed E-state index contributed by atoms with van der Waals surface area (Å²) in [6.07, 6.45) is 5.01. The van der Waals surface area contributed by atoms with Crippen LogP contribution in [0.25, 0.3) is 0 Å². The van der Waals surface area contributed by atoms with E-state index in [9.17, 15) is 0 Å². The minimum atomic E-state index is 0.123. The Morgan fingerprint density at radius 2 is 1.93 bits per heavy atom. The molecule has 0 amide bonds. The summed E-state index contributed by atoms with van der Waals surface area (Å²) in [5.74, 6) is 0.871. The summed E-state index contributed by atoms with van der Waals surface area (Å²) in [6.45, 7) is 2.34. The third-order valence-corrected chi connectivity index (χ3v) is 4.24. The second kappa shape index (κ2) is 3.35. The summed E-state index contributed by atoms with van der Waals surface area (Å²) < 4.78 is 0. The monoisotopic (exact) mass is 213 g/mol. The Kier molecular flexibility index (Phi) is 2.43. The Labute approximate surface area is 91.4 Å². The highest BCUT2D eigenvalue weighted by Crippen LogP contribution is 2.36. The van der Waals surface area contributed by atoms with Crippen LogP contribution in [0, 0.1) is 5.92 Å². The second-order valence-electron chi connectivity index (χ2n) is 4.73. The molecule has 0 aromatic heterocycles. The van der Waals surface area contributed by atoms with Gasteiger partial charge in [-0.1, -0.05) is 6.92 Å². The fraction of sp³-hybridized carbons (Fsp3) is 0.900. The first kappa shape index (κ1) is 10.2. The molecule has 14 heavy (non-hydrogen) atoms. The molecular formula is C10H19N3S. The maximum atomic E-state index is 5.34. The van der Waals surface area contributed by atoms with E-state index < -0.39 is 0 Å². The van der Waals surface area contributed by atoms with Gasteiger partial charge in [-0.25, -0.2) is 5.43 Å². The molecule has 1 aliphatic heterocycles. The van der Waals surface area contributed by atoms with Gasteiger partial charge in [-0.15, -0.1) is 0 Å². The van der Waals surface area contributed by atoms with Gasteiger partial charge in [0.05, 0.1) is 0 Å². The van der Waals surface area contributed by atoms with Crippen LogP contribution >= 0.6 is 12.2 Å². The molecule has 2 fully saturated rings. The molecule has 0 aromatic rings. The number of nitrogens with zero attached hydrogens (tertiary/aromatic N) is 2. The van der Waals surface area contributed by atoms with Crippen LogP contribution in [0.4, 0.5) is 0 Å². The Hall–Kier alpha value is -0.350. The van der Waals surface area contributed by atoms with E-state index in [1.807, 2.05) is 12.1 Å². The maximum absolute atomic E-state index is 5.34. The molecule has 1 aliphatic carbocycles. The van der Waals surface area contributed by atoms with E-state index in [0.717, 1.165) is 11.0 Å². The Morgan fingerprint density at radius 1 is 1.36 bits per heavy atom. The number of hydrogen-bond donors (Lipinski definition) is 1. The summed E-state index contributed by atoms with van der Waals surface area (Å²) in [6, 6.07) is 0. The SMILES string of the molecule is CC1CCC2(CC1)NN(C)C(=S)N2C. The van der Waals surface area contributed by atoms with Crippen molar-refractivity contribution in [3.63, 3.8) is 0 Å². The van der Waals surface area contributed by atoms with Crippen molar-refractivity contribution in [2.75, 3.05) is 14.1 Å². The van der Waals surface area contributed by atoms with Crippen molar-refractivity contribution >= 4 is 17.3 Å². The van der Waals surface area contributed by atoms with Gasteiger partial charge < -0.3 is 4.90 Å². The van der Waals surface area contributed by atoms with E-state index in [-0.39, 0.29) is 5.66 Å². The highest BCUT2D eigenvalue weighted by Gasteiger charge is 2.45. The first-order valence-electron chi connectivity index (χ1n) is 5.34. The van der Waals surface area contributed by atoms with Crippen LogP contribution in [0.1, 0.15) is 32.6 Å². The lowest BCUT2D eigenvalue weighted by Gasteiger charge is -2.40. The van der Waals surface area contributed by atoms with Gasteiger partial charge in [0.2, 0.25) is 0 Å². The molecule has 0 unspecified atom stereocenters. The lowest BCUT2D eigenvalue weighted by atomic mass is 9.82. The smallest absolute Gasteiger partial charge is 0.187 e. The normalized spacial score (nSPS) is 38.5. The fourth-order valence-electron chi connectivity index (χ4n) is 2.53. The van der Waals surface area contributed by atoms with Crippen LogP contribution < -0.4 is 5.43 Å². The van der Waals surface area contributed by atoms with Crippen molar-refractivity contribution in [3.8, 4) is 0 Å². The minimum absolute atomic E-state index is 0.123. The lowest BCUT2D eigenvalue weighted by Crippen LogP contribution is -2.53. The van der Waals surface area contributed by atoms with E-state index in [4.69, 9.17) is 12.2 Å². The molecule has 3 nitrogen and oxygen atoms in total. The van der Waals surface area contributed by atoms with E-state index in [0.29, 0.717) is 0 Å². The molecule has 1 saturated heterocycles. The highest BCUT2D eigenvalue weighted by atomic mass is 32.1. The van der Waals surface area contributed by atoms with Crippen LogP contribution in [-0.2, 0) is 0 Å². The molecule has 0 atom stereocenters. The van der Waals surface area contributed by atoms with Gasteiger partial charge in [-0.3, -0.25) is 5.01 Å². The number of hydrogen-bond acceptors (Lipinski definition) is 2. The first-order chi connectivity index (χ1) is 6.55. The molecule has 2 aliphatic rings. The van der Waals surface area contributed by atoms with Crippen LogP contribution in [0.3, 0.4) is 0 Å². The van der Waals surface area contributed by atoms with Crippen molar-refractivity contribution < 1.29 is 0 Å². The number of rotatable bonds is 0. The van der Waals surface area contributed by atoms with Crippen LogP contribution in [0.2, 0.25) is 0 Å². The van der Waals surface area contributed by atoms with Crippen LogP contribution in [0.5, 0.6) is 0 Å². The molecule has 1 saturated carbocycles. The van der Waals surface area contributed by atoms with Gasteiger partial charge in [0.1, 0.15) is 5.66 Å². The molecule has 2 rings (SSSR count). The Bertz CT molecular complexity index is 246. The van der Waals surface area contributed by atoms with E-state index in [1.54, 1.807) is 0 Å². The molecule has 0 aromatic carbocycles. The van der Waals surface area contributed by atoms with E-state index in [2.05, 4.69) is 24.3 Å². The summed E-state index contributed by atoms with van der Waals surface area (Å²) >= 11 is 5.34.